The molecule has 1 unspecified atom stereocenters. The first kappa shape index (κ1) is 15.5. The number of anilines is 1. The Balaban J connectivity index is 1.65. The molecule has 1 fully saturated rings. The number of rotatable bonds is 6. The number of hydrogen-bond acceptors (Lipinski definition) is 3. The number of aryl methyl sites for hydroxylation is 1. The van der Waals surface area contributed by atoms with E-state index >= 15 is 0 Å². The molecule has 1 saturated heterocycles. The van der Waals surface area contributed by atoms with Crippen molar-refractivity contribution in [1.29, 1.82) is 0 Å². The van der Waals surface area contributed by atoms with Crippen LogP contribution < -0.4 is 10.6 Å². The summed E-state index contributed by atoms with van der Waals surface area (Å²) in [6.45, 7) is 4.40. The lowest BCUT2D eigenvalue weighted by molar-refractivity contribution is -0.116. The number of nitrogens with one attached hydrogen (secondary N) is 2. The molecule has 1 aliphatic rings. The summed E-state index contributed by atoms with van der Waals surface area (Å²) in [6.07, 6.45) is 3.07. The molecule has 2 rings (SSSR count). The van der Waals surface area contributed by atoms with Crippen molar-refractivity contribution in [1.82, 2.24) is 5.32 Å². The minimum atomic E-state index is 0.0283. The van der Waals surface area contributed by atoms with Crippen LogP contribution in [0.4, 0.5) is 5.69 Å². The summed E-state index contributed by atoms with van der Waals surface area (Å²) < 4.78 is 6.52. The fourth-order valence-electron chi connectivity index (χ4n) is 2.16. The van der Waals surface area contributed by atoms with Crippen LogP contribution in [0.25, 0.3) is 0 Å². The molecule has 20 heavy (non-hydrogen) atoms. The van der Waals surface area contributed by atoms with Gasteiger partial charge in [0, 0.05) is 36.3 Å². The molecule has 0 aromatic heterocycles. The topological polar surface area (TPSA) is 50.4 Å². The lowest BCUT2D eigenvalue weighted by Crippen LogP contribution is -2.29. The van der Waals surface area contributed by atoms with E-state index in [1.54, 1.807) is 0 Å². The van der Waals surface area contributed by atoms with Gasteiger partial charge in [-0.2, -0.15) is 0 Å². The van der Waals surface area contributed by atoms with E-state index < -0.39 is 0 Å². The van der Waals surface area contributed by atoms with Crippen molar-refractivity contribution in [3.05, 3.63) is 28.2 Å². The average Bonchev–Trinajstić information content (AvgIpc) is 2.92. The molecule has 1 amide bonds. The van der Waals surface area contributed by atoms with Gasteiger partial charge in [-0.3, -0.25) is 4.79 Å². The third kappa shape index (κ3) is 4.89. The first-order chi connectivity index (χ1) is 9.65. The minimum Gasteiger partial charge on any atom is -0.377 e. The zero-order valence-electron chi connectivity index (χ0n) is 11.7. The van der Waals surface area contributed by atoms with E-state index in [9.17, 15) is 4.79 Å². The van der Waals surface area contributed by atoms with Crippen molar-refractivity contribution in [2.24, 2.45) is 0 Å². The maximum atomic E-state index is 11.8. The fraction of sp³-hybridized carbons (Fsp3) is 0.533. The summed E-state index contributed by atoms with van der Waals surface area (Å²) >= 11 is 3.46. The number of amides is 1. The Morgan fingerprint density at radius 3 is 3.05 bits per heavy atom. The normalized spacial score (nSPS) is 18.2. The molecule has 2 N–H and O–H groups in total. The number of hydrogen-bond donors (Lipinski definition) is 2. The average molecular weight is 341 g/mol. The highest BCUT2D eigenvalue weighted by Crippen LogP contribution is 2.20. The van der Waals surface area contributed by atoms with Crippen molar-refractivity contribution in [2.45, 2.75) is 32.3 Å². The molecule has 5 heteroatoms. The Labute approximate surface area is 128 Å². The van der Waals surface area contributed by atoms with Gasteiger partial charge >= 0.3 is 0 Å². The van der Waals surface area contributed by atoms with E-state index in [-0.39, 0.29) is 5.91 Å². The van der Waals surface area contributed by atoms with Crippen LogP contribution in [-0.4, -0.2) is 31.7 Å². The van der Waals surface area contributed by atoms with Crippen LogP contribution in [0.15, 0.2) is 22.7 Å². The van der Waals surface area contributed by atoms with Crippen molar-refractivity contribution in [2.75, 3.05) is 25.0 Å². The van der Waals surface area contributed by atoms with Gasteiger partial charge in [0.05, 0.1) is 6.10 Å². The van der Waals surface area contributed by atoms with Crippen molar-refractivity contribution < 1.29 is 9.53 Å². The van der Waals surface area contributed by atoms with Crippen LogP contribution in [0.2, 0.25) is 0 Å². The molecule has 0 bridgehead atoms. The predicted octanol–water partition coefficient (Wildman–Crippen LogP) is 2.85. The number of carbonyl (C=O) groups excluding carboxylic acids is 1. The summed E-state index contributed by atoms with van der Waals surface area (Å²) in [7, 11) is 0. The zero-order chi connectivity index (χ0) is 14.4. The van der Waals surface area contributed by atoms with E-state index in [0.29, 0.717) is 19.1 Å². The van der Waals surface area contributed by atoms with Gasteiger partial charge in [0.15, 0.2) is 0 Å². The molecular formula is C15H21BrN2O2. The maximum absolute atomic E-state index is 11.8. The second kappa shape index (κ2) is 7.76. The second-order valence-electron chi connectivity index (χ2n) is 5.10. The summed E-state index contributed by atoms with van der Waals surface area (Å²) in [4.78, 5) is 11.8. The number of carbonyl (C=O) groups is 1. The summed E-state index contributed by atoms with van der Waals surface area (Å²) in [5.74, 6) is 0.0283. The summed E-state index contributed by atoms with van der Waals surface area (Å²) in [5, 5.41) is 6.17. The van der Waals surface area contributed by atoms with Crippen molar-refractivity contribution in [3.8, 4) is 0 Å². The first-order valence-corrected chi connectivity index (χ1v) is 7.83. The van der Waals surface area contributed by atoms with Gasteiger partial charge in [0.2, 0.25) is 5.91 Å². The molecule has 1 aromatic carbocycles. The Hall–Kier alpha value is -0.910. The largest absolute Gasteiger partial charge is 0.377 e. The molecule has 110 valence electrons. The van der Waals surface area contributed by atoms with Gasteiger partial charge in [-0.05, 0) is 37.5 Å². The highest BCUT2D eigenvalue weighted by molar-refractivity contribution is 9.10. The van der Waals surface area contributed by atoms with Crippen LogP contribution >= 0.6 is 15.9 Å². The second-order valence-corrected chi connectivity index (χ2v) is 5.96. The fourth-order valence-corrected chi connectivity index (χ4v) is 2.54. The number of benzene rings is 1. The van der Waals surface area contributed by atoms with Crippen LogP contribution in [0.1, 0.15) is 24.8 Å². The van der Waals surface area contributed by atoms with Crippen molar-refractivity contribution >= 4 is 27.5 Å². The highest BCUT2D eigenvalue weighted by atomic mass is 79.9. The van der Waals surface area contributed by atoms with E-state index in [1.165, 1.54) is 0 Å². The molecular weight excluding hydrogens is 320 g/mol. The zero-order valence-corrected chi connectivity index (χ0v) is 13.3. The lowest BCUT2D eigenvalue weighted by Gasteiger charge is -2.11. The van der Waals surface area contributed by atoms with Crippen molar-refractivity contribution in [3.63, 3.8) is 0 Å². The van der Waals surface area contributed by atoms with Gasteiger partial charge in [0.25, 0.3) is 0 Å². The number of ether oxygens (including phenoxy) is 1. The smallest absolute Gasteiger partial charge is 0.225 e. The monoisotopic (exact) mass is 340 g/mol. The molecule has 1 aromatic rings. The van der Waals surface area contributed by atoms with Gasteiger partial charge in [-0.25, -0.2) is 0 Å². The summed E-state index contributed by atoms with van der Waals surface area (Å²) in [5.41, 5.74) is 1.98. The van der Waals surface area contributed by atoms with Gasteiger partial charge in [0.1, 0.15) is 0 Å². The quantitative estimate of drug-likeness (QED) is 0.783. The highest BCUT2D eigenvalue weighted by Gasteiger charge is 2.14. The van der Waals surface area contributed by atoms with E-state index in [2.05, 4.69) is 26.6 Å². The van der Waals surface area contributed by atoms with Crippen LogP contribution in [0.3, 0.4) is 0 Å². The molecule has 0 aliphatic carbocycles. The standard InChI is InChI=1S/C15H21BrN2O2/c1-11-4-5-12(9-14(11)16)18-15(19)6-7-17-10-13-3-2-8-20-13/h4-5,9,13,17H,2-3,6-8,10H2,1H3,(H,18,19). The third-order valence-corrected chi connectivity index (χ3v) is 4.23. The molecule has 1 atom stereocenters. The predicted molar refractivity (Wildman–Crippen MR) is 84.0 cm³/mol. The van der Waals surface area contributed by atoms with Crippen LogP contribution in [0.5, 0.6) is 0 Å². The molecule has 1 aliphatic heterocycles. The molecule has 1 heterocycles. The lowest BCUT2D eigenvalue weighted by atomic mass is 10.2. The van der Waals surface area contributed by atoms with Crippen LogP contribution in [-0.2, 0) is 9.53 Å². The number of halogens is 1. The van der Waals surface area contributed by atoms with Gasteiger partial charge in [-0.15, -0.1) is 0 Å². The van der Waals surface area contributed by atoms with E-state index in [4.69, 9.17) is 4.74 Å². The maximum Gasteiger partial charge on any atom is 0.225 e. The molecule has 0 radical (unpaired) electrons. The third-order valence-electron chi connectivity index (χ3n) is 3.38. The molecule has 4 nitrogen and oxygen atoms in total. The Morgan fingerprint density at radius 2 is 2.35 bits per heavy atom. The van der Waals surface area contributed by atoms with Gasteiger partial charge in [-0.1, -0.05) is 22.0 Å². The Bertz CT molecular complexity index is 459. The minimum absolute atomic E-state index is 0.0283. The summed E-state index contributed by atoms with van der Waals surface area (Å²) in [6, 6.07) is 5.82. The van der Waals surface area contributed by atoms with E-state index in [0.717, 1.165) is 41.7 Å². The molecule has 0 spiro atoms. The first-order valence-electron chi connectivity index (χ1n) is 7.03. The molecule has 0 saturated carbocycles. The van der Waals surface area contributed by atoms with E-state index in [1.807, 2.05) is 25.1 Å². The SMILES string of the molecule is Cc1ccc(NC(=O)CCNCC2CCCO2)cc1Br. The van der Waals surface area contributed by atoms with Gasteiger partial charge < -0.3 is 15.4 Å². The Kier molecular flexibility index (Phi) is 6.01. The Morgan fingerprint density at radius 1 is 1.50 bits per heavy atom. The van der Waals surface area contributed by atoms with Crippen LogP contribution in [0, 0.1) is 6.92 Å².